The van der Waals surface area contributed by atoms with Crippen molar-refractivity contribution in [3.63, 3.8) is 0 Å². The molecule has 3 aromatic rings. The van der Waals surface area contributed by atoms with E-state index in [1.54, 1.807) is 39.5 Å². The molecule has 0 saturated carbocycles. The summed E-state index contributed by atoms with van der Waals surface area (Å²) in [5.74, 6) is 1.73. The van der Waals surface area contributed by atoms with Gasteiger partial charge in [0.05, 0.1) is 11.4 Å². The minimum atomic E-state index is 0.0709. The third-order valence-corrected chi connectivity index (χ3v) is 4.21. The third kappa shape index (κ3) is 2.67. The zero-order valence-corrected chi connectivity index (χ0v) is 14.3. The van der Waals surface area contributed by atoms with Crippen molar-refractivity contribution in [2.75, 3.05) is 11.4 Å². The number of fused-ring (bicyclic) bond motifs is 1. The Morgan fingerprint density at radius 3 is 2.72 bits per heavy atom. The van der Waals surface area contributed by atoms with Gasteiger partial charge in [0.1, 0.15) is 0 Å². The molecule has 1 saturated heterocycles. The lowest BCUT2D eigenvalue weighted by molar-refractivity contribution is -0.117. The maximum atomic E-state index is 11.8. The highest BCUT2D eigenvalue weighted by Gasteiger charge is 2.25. The lowest BCUT2D eigenvalue weighted by atomic mass is 10.4. The van der Waals surface area contributed by atoms with Crippen molar-refractivity contribution in [3.8, 4) is 0 Å². The molecule has 25 heavy (non-hydrogen) atoms. The van der Waals surface area contributed by atoms with Crippen LogP contribution in [0.3, 0.4) is 0 Å². The SMILES string of the molecule is Cc1ncc(C)n2nc(/C=C/c3nc(N4CCCC4=O)nn3C)nc12. The van der Waals surface area contributed by atoms with Crippen molar-refractivity contribution < 1.29 is 4.79 Å². The molecule has 9 heteroatoms. The molecule has 1 aliphatic heterocycles. The fourth-order valence-electron chi connectivity index (χ4n) is 2.83. The maximum Gasteiger partial charge on any atom is 0.251 e. The fourth-order valence-corrected chi connectivity index (χ4v) is 2.83. The van der Waals surface area contributed by atoms with Crippen LogP contribution in [0.1, 0.15) is 35.9 Å². The first-order chi connectivity index (χ1) is 12.0. The van der Waals surface area contributed by atoms with E-state index in [0.717, 1.165) is 23.5 Å². The van der Waals surface area contributed by atoms with Crippen LogP contribution in [-0.4, -0.2) is 46.8 Å². The van der Waals surface area contributed by atoms with Crippen molar-refractivity contribution >= 4 is 29.7 Å². The van der Waals surface area contributed by atoms with Gasteiger partial charge < -0.3 is 0 Å². The molecule has 128 valence electrons. The molecule has 0 unspecified atom stereocenters. The van der Waals surface area contributed by atoms with Crippen molar-refractivity contribution in [1.29, 1.82) is 0 Å². The van der Waals surface area contributed by atoms with E-state index in [1.165, 1.54) is 0 Å². The molecule has 0 N–H and O–H groups in total. The summed E-state index contributed by atoms with van der Waals surface area (Å²) in [4.78, 5) is 26.7. The molecular weight excluding hydrogens is 320 g/mol. The molecule has 1 fully saturated rings. The number of anilines is 1. The van der Waals surface area contributed by atoms with Gasteiger partial charge in [0.25, 0.3) is 5.95 Å². The number of aryl methyl sites for hydroxylation is 3. The van der Waals surface area contributed by atoms with Gasteiger partial charge in [-0.15, -0.1) is 10.2 Å². The minimum absolute atomic E-state index is 0.0709. The normalized spacial score (nSPS) is 15.2. The van der Waals surface area contributed by atoms with Gasteiger partial charge in [-0.2, -0.15) is 4.98 Å². The Labute approximate surface area is 144 Å². The van der Waals surface area contributed by atoms with Crippen molar-refractivity contribution in [3.05, 3.63) is 29.2 Å². The van der Waals surface area contributed by atoms with E-state index in [0.29, 0.717) is 30.6 Å². The lowest BCUT2D eigenvalue weighted by Crippen LogP contribution is -2.25. The van der Waals surface area contributed by atoms with Gasteiger partial charge in [-0.25, -0.2) is 14.2 Å². The molecule has 0 spiro atoms. The molecular formula is C16H18N8O. The predicted molar refractivity (Wildman–Crippen MR) is 91.8 cm³/mol. The van der Waals surface area contributed by atoms with Crippen molar-refractivity contribution in [1.82, 2.24) is 34.3 Å². The second-order valence-electron chi connectivity index (χ2n) is 6.07. The highest BCUT2D eigenvalue weighted by Crippen LogP contribution is 2.18. The largest absolute Gasteiger partial charge is 0.279 e. The van der Waals surface area contributed by atoms with E-state index in [9.17, 15) is 4.79 Å². The second kappa shape index (κ2) is 5.76. The average molecular weight is 338 g/mol. The number of amides is 1. The van der Waals surface area contributed by atoms with Gasteiger partial charge >= 0.3 is 0 Å². The summed E-state index contributed by atoms with van der Waals surface area (Å²) in [6, 6.07) is 0. The lowest BCUT2D eigenvalue weighted by Gasteiger charge is -2.08. The van der Waals surface area contributed by atoms with Crippen LogP contribution in [-0.2, 0) is 11.8 Å². The molecule has 0 aromatic carbocycles. The van der Waals surface area contributed by atoms with Gasteiger partial charge in [0.15, 0.2) is 17.3 Å². The van der Waals surface area contributed by atoms with E-state index in [4.69, 9.17) is 0 Å². The molecule has 9 nitrogen and oxygen atoms in total. The van der Waals surface area contributed by atoms with Crippen LogP contribution in [0.5, 0.6) is 0 Å². The van der Waals surface area contributed by atoms with E-state index < -0.39 is 0 Å². The number of hydrogen-bond donors (Lipinski definition) is 0. The Hall–Kier alpha value is -3.10. The first-order valence-corrected chi connectivity index (χ1v) is 8.11. The Kier molecular flexibility index (Phi) is 3.56. The monoisotopic (exact) mass is 338 g/mol. The van der Waals surface area contributed by atoms with Crippen molar-refractivity contribution in [2.24, 2.45) is 7.05 Å². The van der Waals surface area contributed by atoms with Gasteiger partial charge in [0.2, 0.25) is 5.91 Å². The Morgan fingerprint density at radius 2 is 2.00 bits per heavy atom. The van der Waals surface area contributed by atoms with Gasteiger partial charge in [-0.3, -0.25) is 14.7 Å². The Balaban J connectivity index is 1.64. The smallest absolute Gasteiger partial charge is 0.251 e. The second-order valence-corrected chi connectivity index (χ2v) is 6.07. The summed E-state index contributed by atoms with van der Waals surface area (Å²) in [7, 11) is 1.80. The fraction of sp³-hybridized carbons (Fsp3) is 0.375. The zero-order chi connectivity index (χ0) is 17.6. The van der Waals surface area contributed by atoms with Gasteiger partial charge in [0, 0.05) is 26.2 Å². The molecule has 0 atom stereocenters. The number of rotatable bonds is 3. The standard InChI is InChI=1S/C16H18N8O/c1-10-9-17-11(2)15-18-12(20-24(10)15)6-7-13-19-16(21-22(13)3)23-8-4-5-14(23)25/h6-7,9H,4-5,8H2,1-3H3/b7-6+. The van der Waals surface area contributed by atoms with Crippen LogP contribution in [0.4, 0.5) is 5.95 Å². The summed E-state index contributed by atoms with van der Waals surface area (Å²) < 4.78 is 3.41. The highest BCUT2D eigenvalue weighted by atomic mass is 16.2. The maximum absolute atomic E-state index is 11.8. The molecule has 0 aliphatic carbocycles. The molecule has 0 bridgehead atoms. The number of carbonyl (C=O) groups excluding carboxylic acids is 1. The molecule has 3 aromatic heterocycles. The van der Waals surface area contributed by atoms with E-state index in [1.807, 2.05) is 13.8 Å². The summed E-state index contributed by atoms with van der Waals surface area (Å²) in [6.07, 6.45) is 6.75. The van der Waals surface area contributed by atoms with E-state index >= 15 is 0 Å². The summed E-state index contributed by atoms with van der Waals surface area (Å²) in [6.45, 7) is 4.51. The van der Waals surface area contributed by atoms with Crippen LogP contribution >= 0.6 is 0 Å². The summed E-state index contributed by atoms with van der Waals surface area (Å²) >= 11 is 0. The topological polar surface area (TPSA) is 94.1 Å². The first kappa shape index (κ1) is 15.4. The van der Waals surface area contributed by atoms with Crippen LogP contribution < -0.4 is 4.90 Å². The number of carbonyl (C=O) groups is 1. The Morgan fingerprint density at radius 1 is 1.16 bits per heavy atom. The number of aromatic nitrogens is 7. The summed E-state index contributed by atoms with van der Waals surface area (Å²) in [5.41, 5.74) is 2.48. The zero-order valence-electron chi connectivity index (χ0n) is 14.3. The quantitative estimate of drug-likeness (QED) is 0.711. The third-order valence-electron chi connectivity index (χ3n) is 4.21. The molecule has 1 aliphatic rings. The average Bonchev–Trinajstić information content (AvgIpc) is 3.28. The molecule has 4 rings (SSSR count). The number of nitrogens with zero attached hydrogens (tertiary/aromatic N) is 8. The van der Waals surface area contributed by atoms with Crippen LogP contribution in [0.15, 0.2) is 6.20 Å². The predicted octanol–water partition coefficient (Wildman–Crippen LogP) is 1.17. The highest BCUT2D eigenvalue weighted by molar-refractivity contribution is 5.93. The number of hydrogen-bond acceptors (Lipinski definition) is 6. The van der Waals surface area contributed by atoms with E-state index in [-0.39, 0.29) is 5.91 Å². The first-order valence-electron chi connectivity index (χ1n) is 8.11. The molecule has 1 amide bonds. The minimum Gasteiger partial charge on any atom is -0.279 e. The van der Waals surface area contributed by atoms with Crippen molar-refractivity contribution in [2.45, 2.75) is 26.7 Å². The van der Waals surface area contributed by atoms with E-state index in [2.05, 4.69) is 25.1 Å². The van der Waals surface area contributed by atoms with Gasteiger partial charge in [-0.05, 0) is 32.4 Å². The van der Waals surface area contributed by atoms with Crippen LogP contribution in [0.25, 0.3) is 17.8 Å². The summed E-state index contributed by atoms with van der Waals surface area (Å²) in [5, 5.41) is 8.80. The Bertz CT molecular complexity index is 960. The van der Waals surface area contributed by atoms with Gasteiger partial charge in [-0.1, -0.05) is 0 Å². The van der Waals surface area contributed by atoms with Crippen LogP contribution in [0, 0.1) is 13.8 Å². The molecule has 0 radical (unpaired) electrons. The van der Waals surface area contributed by atoms with Crippen LogP contribution in [0.2, 0.25) is 0 Å². The molecule has 4 heterocycles.